The summed E-state index contributed by atoms with van der Waals surface area (Å²) in [5.74, 6) is -1.65. The van der Waals surface area contributed by atoms with Gasteiger partial charge in [0.2, 0.25) is 0 Å². The highest BCUT2D eigenvalue weighted by molar-refractivity contribution is 6.30. The van der Waals surface area contributed by atoms with Gasteiger partial charge in [0.25, 0.3) is 0 Å². The summed E-state index contributed by atoms with van der Waals surface area (Å²) in [5, 5.41) is 9.06. The highest BCUT2D eigenvalue weighted by Gasteiger charge is 2.42. The molecule has 2 amide bonds. The van der Waals surface area contributed by atoms with Crippen molar-refractivity contribution in [2.24, 2.45) is 0 Å². The Balaban J connectivity index is 1.90. The van der Waals surface area contributed by atoms with Crippen LogP contribution in [-0.2, 0) is 18.1 Å². The molecule has 0 spiro atoms. The maximum atomic E-state index is 14.6. The van der Waals surface area contributed by atoms with Crippen LogP contribution in [0.5, 0.6) is 0 Å². The van der Waals surface area contributed by atoms with Gasteiger partial charge in [0.1, 0.15) is 22.9 Å². The van der Waals surface area contributed by atoms with Gasteiger partial charge in [-0.05, 0) is 61.0 Å². The monoisotopic (exact) mass is 536 g/mol. The van der Waals surface area contributed by atoms with E-state index in [0.29, 0.717) is 17.8 Å². The number of nitrogens with zero attached hydrogens (tertiary/aromatic N) is 2. The molecule has 0 fully saturated rings. The summed E-state index contributed by atoms with van der Waals surface area (Å²) in [6, 6.07) is 10.3. The molecule has 2 aromatic carbocycles. The van der Waals surface area contributed by atoms with Crippen molar-refractivity contribution in [2.75, 3.05) is 5.32 Å². The van der Waals surface area contributed by atoms with E-state index < -0.39 is 34.9 Å². The van der Waals surface area contributed by atoms with E-state index in [9.17, 15) is 26.7 Å². The highest BCUT2D eigenvalue weighted by Crippen LogP contribution is 2.38. The smallest absolute Gasteiger partial charge is 0.361 e. The number of hydrogen-bond donors (Lipinski definition) is 2. The fraction of sp³-hybridized carbons (Fsp3) is 0.160. The van der Waals surface area contributed by atoms with E-state index >= 15 is 0 Å². The molecule has 1 atom stereocenters. The molecule has 2 aromatic heterocycles. The molecule has 192 valence electrons. The van der Waals surface area contributed by atoms with Gasteiger partial charge in [-0.1, -0.05) is 22.8 Å². The molecule has 12 heteroatoms. The van der Waals surface area contributed by atoms with Crippen molar-refractivity contribution in [3.8, 4) is 0 Å². The van der Waals surface area contributed by atoms with Crippen LogP contribution in [-0.4, -0.2) is 16.2 Å². The number of hydrogen-bond acceptors (Lipinski definition) is 4. The number of urea groups is 1. The quantitative estimate of drug-likeness (QED) is 0.271. The second-order valence-electron chi connectivity index (χ2n) is 8.19. The maximum absolute atomic E-state index is 14.6. The van der Waals surface area contributed by atoms with Gasteiger partial charge in [-0.2, -0.15) is 13.2 Å². The lowest BCUT2D eigenvalue weighted by Crippen LogP contribution is -2.50. The van der Waals surface area contributed by atoms with E-state index in [2.05, 4.69) is 20.8 Å². The number of halogens is 6. The van der Waals surface area contributed by atoms with Crippen LogP contribution in [0.15, 0.2) is 71.4 Å². The SMILES string of the molecule is Cc1cc(C[C@@](NC(=O)Nc2cccc(F)c2)(c2cc(F)cc(C(F)(F)F)c2)c2ccc(Cl)cn2)on1. The van der Waals surface area contributed by atoms with E-state index in [1.807, 2.05) is 0 Å². The largest absolute Gasteiger partial charge is 0.416 e. The van der Waals surface area contributed by atoms with Crippen LogP contribution < -0.4 is 10.6 Å². The molecule has 4 rings (SSSR count). The van der Waals surface area contributed by atoms with Crippen molar-refractivity contribution in [3.05, 3.63) is 112 Å². The molecule has 0 saturated carbocycles. The second-order valence-corrected chi connectivity index (χ2v) is 8.63. The Hall–Kier alpha value is -3.99. The number of rotatable bonds is 6. The van der Waals surface area contributed by atoms with E-state index in [0.717, 1.165) is 12.1 Å². The predicted molar refractivity (Wildman–Crippen MR) is 125 cm³/mol. The fourth-order valence-electron chi connectivity index (χ4n) is 3.83. The summed E-state index contributed by atoms with van der Waals surface area (Å²) in [5.41, 5.74) is -2.90. The lowest BCUT2D eigenvalue weighted by molar-refractivity contribution is -0.137. The number of aromatic nitrogens is 2. The Morgan fingerprint density at radius 1 is 1.00 bits per heavy atom. The zero-order valence-corrected chi connectivity index (χ0v) is 19.8. The van der Waals surface area contributed by atoms with Gasteiger partial charge in [0.05, 0.1) is 22.0 Å². The molecule has 0 unspecified atom stereocenters. The fourth-order valence-corrected chi connectivity index (χ4v) is 3.94. The first-order valence-corrected chi connectivity index (χ1v) is 11.1. The minimum Gasteiger partial charge on any atom is -0.361 e. The topological polar surface area (TPSA) is 80.0 Å². The number of alkyl halides is 3. The van der Waals surface area contributed by atoms with Crippen molar-refractivity contribution >= 4 is 23.3 Å². The van der Waals surface area contributed by atoms with Crippen LogP contribution in [0.1, 0.15) is 28.3 Å². The molecule has 0 saturated heterocycles. The summed E-state index contributed by atoms with van der Waals surface area (Å²) in [6.45, 7) is 1.63. The molecule has 4 aromatic rings. The first-order chi connectivity index (χ1) is 17.4. The summed E-state index contributed by atoms with van der Waals surface area (Å²) in [6.07, 6.45) is -3.96. The van der Waals surface area contributed by atoms with E-state index in [1.54, 1.807) is 6.92 Å². The molecule has 0 radical (unpaired) electrons. The van der Waals surface area contributed by atoms with E-state index in [1.165, 1.54) is 42.6 Å². The van der Waals surface area contributed by atoms with Crippen molar-refractivity contribution in [1.82, 2.24) is 15.5 Å². The van der Waals surface area contributed by atoms with Gasteiger partial charge in [-0.3, -0.25) is 4.98 Å². The lowest BCUT2D eigenvalue weighted by Gasteiger charge is -2.35. The predicted octanol–water partition coefficient (Wildman–Crippen LogP) is 6.64. The average molecular weight is 537 g/mol. The van der Waals surface area contributed by atoms with Crippen molar-refractivity contribution in [1.29, 1.82) is 0 Å². The van der Waals surface area contributed by atoms with Crippen molar-refractivity contribution in [2.45, 2.75) is 25.1 Å². The summed E-state index contributed by atoms with van der Waals surface area (Å²) >= 11 is 5.97. The number of pyridine rings is 1. The average Bonchev–Trinajstić information content (AvgIpc) is 3.22. The van der Waals surface area contributed by atoms with Gasteiger partial charge in [0.15, 0.2) is 0 Å². The Kier molecular flexibility index (Phi) is 7.17. The molecule has 0 aliphatic rings. The minimum atomic E-state index is -4.89. The normalized spacial score (nSPS) is 13.2. The molecular weight excluding hydrogens is 519 g/mol. The van der Waals surface area contributed by atoms with Gasteiger partial charge in [0, 0.05) is 24.4 Å². The third-order valence-electron chi connectivity index (χ3n) is 5.41. The van der Waals surface area contributed by atoms with Gasteiger partial charge >= 0.3 is 12.2 Å². The van der Waals surface area contributed by atoms with Crippen LogP contribution in [0.25, 0.3) is 0 Å². The molecule has 6 nitrogen and oxygen atoms in total. The number of nitrogens with one attached hydrogen (secondary N) is 2. The molecule has 2 N–H and O–H groups in total. The zero-order valence-electron chi connectivity index (χ0n) is 19.0. The van der Waals surface area contributed by atoms with Crippen LogP contribution >= 0.6 is 11.6 Å². The molecule has 0 bridgehead atoms. The van der Waals surface area contributed by atoms with E-state index in [-0.39, 0.29) is 34.1 Å². The molecular formula is C25H18ClF5N4O2. The molecule has 37 heavy (non-hydrogen) atoms. The Labute approximate surface area is 212 Å². The van der Waals surface area contributed by atoms with Gasteiger partial charge in [-0.15, -0.1) is 0 Å². The first-order valence-electron chi connectivity index (χ1n) is 10.7. The number of amides is 2. The number of aryl methyl sites for hydroxylation is 1. The first kappa shape index (κ1) is 26.1. The van der Waals surface area contributed by atoms with Crippen molar-refractivity contribution < 1.29 is 31.3 Å². The van der Waals surface area contributed by atoms with E-state index in [4.69, 9.17) is 16.1 Å². The number of benzene rings is 2. The van der Waals surface area contributed by atoms with Gasteiger partial charge < -0.3 is 15.2 Å². The second kappa shape index (κ2) is 10.2. The van der Waals surface area contributed by atoms with Crippen molar-refractivity contribution in [3.63, 3.8) is 0 Å². The van der Waals surface area contributed by atoms with Crippen LogP contribution in [0.2, 0.25) is 5.02 Å². The third kappa shape index (κ3) is 6.05. The highest BCUT2D eigenvalue weighted by atomic mass is 35.5. The van der Waals surface area contributed by atoms with Crippen LogP contribution in [0, 0.1) is 18.6 Å². The number of carbonyl (C=O) groups excluding carboxylic acids is 1. The standard InChI is InChI=1S/C25H18ClF5N4O2/c1-14-7-21(37-35-14)12-24(22-6-5-17(26)13-32-22,15-8-16(25(29,30)31)10-19(28)9-15)34-23(36)33-20-4-2-3-18(27)11-20/h2-11,13H,12H2,1H3,(H2,33,34,36)/t24-/m1/s1. The van der Waals surface area contributed by atoms with Gasteiger partial charge in [-0.25, -0.2) is 13.6 Å². The van der Waals surface area contributed by atoms with Crippen LogP contribution in [0.4, 0.5) is 32.4 Å². The lowest BCUT2D eigenvalue weighted by atomic mass is 9.81. The molecule has 2 heterocycles. The Morgan fingerprint density at radius 3 is 2.38 bits per heavy atom. The summed E-state index contributed by atoms with van der Waals surface area (Å²) < 4.78 is 74.5. The molecule has 0 aliphatic carbocycles. The zero-order chi connectivity index (χ0) is 26.8. The Morgan fingerprint density at radius 2 is 1.76 bits per heavy atom. The van der Waals surface area contributed by atoms with Crippen LogP contribution in [0.3, 0.4) is 0 Å². The Bertz CT molecular complexity index is 1430. The third-order valence-corrected chi connectivity index (χ3v) is 5.63. The summed E-state index contributed by atoms with van der Waals surface area (Å²) in [4.78, 5) is 17.4. The minimum absolute atomic E-state index is 0.0269. The number of anilines is 1. The summed E-state index contributed by atoms with van der Waals surface area (Å²) in [7, 11) is 0. The molecule has 0 aliphatic heterocycles. The number of carbonyl (C=O) groups is 1. The maximum Gasteiger partial charge on any atom is 0.416 e.